The molecule has 0 N–H and O–H groups in total. The summed E-state index contributed by atoms with van der Waals surface area (Å²) in [5.74, 6) is 0. The Labute approximate surface area is 143 Å². The van der Waals surface area contributed by atoms with E-state index in [0.717, 1.165) is 31.2 Å². The van der Waals surface area contributed by atoms with Crippen molar-refractivity contribution < 1.29 is 8.42 Å². The molecule has 0 saturated carbocycles. The van der Waals surface area contributed by atoms with Gasteiger partial charge in [-0.3, -0.25) is 9.36 Å². The average molecular weight is 351 g/mol. The molecular formula is C16H25N5O2S. The second-order valence-corrected chi connectivity index (χ2v) is 8.20. The number of hydrogen-bond acceptors (Lipinski definition) is 4. The third kappa shape index (κ3) is 3.00. The topological polar surface area (TPSA) is 73.0 Å². The van der Waals surface area contributed by atoms with Crippen LogP contribution in [0.5, 0.6) is 0 Å². The fourth-order valence-electron chi connectivity index (χ4n) is 3.44. The van der Waals surface area contributed by atoms with Gasteiger partial charge in [0.2, 0.25) is 10.0 Å². The summed E-state index contributed by atoms with van der Waals surface area (Å²) in [6.45, 7) is 4.98. The molecule has 1 saturated heterocycles. The van der Waals surface area contributed by atoms with Gasteiger partial charge in [-0.05, 0) is 26.7 Å². The van der Waals surface area contributed by atoms with Crippen LogP contribution in [0.25, 0.3) is 0 Å². The van der Waals surface area contributed by atoms with E-state index < -0.39 is 10.0 Å². The van der Waals surface area contributed by atoms with E-state index in [0.29, 0.717) is 23.7 Å². The van der Waals surface area contributed by atoms with Crippen molar-refractivity contribution in [2.75, 3.05) is 6.54 Å². The maximum Gasteiger partial charge on any atom is 0.247 e. The predicted octanol–water partition coefficient (Wildman–Crippen LogP) is 2.25. The standard InChI is InChI=1S/C16H25N5O2S/c1-4-20-13(2)16(11-18-20)24(22,23)21-9-7-5-6-8-15(21)14-10-17-19(3)12-14/h10-12,15H,4-9H2,1-3H3/t15-/m0/s1. The van der Waals surface area contributed by atoms with Crippen LogP contribution in [-0.2, 0) is 23.6 Å². The van der Waals surface area contributed by atoms with E-state index >= 15 is 0 Å². The quantitative estimate of drug-likeness (QED) is 0.847. The number of nitrogens with zero attached hydrogens (tertiary/aromatic N) is 5. The Balaban J connectivity index is 2.03. The van der Waals surface area contributed by atoms with Crippen LogP contribution in [0.4, 0.5) is 0 Å². The molecular weight excluding hydrogens is 326 g/mol. The van der Waals surface area contributed by atoms with Crippen LogP contribution in [0.2, 0.25) is 0 Å². The smallest absolute Gasteiger partial charge is 0.247 e. The number of hydrogen-bond donors (Lipinski definition) is 0. The highest BCUT2D eigenvalue weighted by Gasteiger charge is 2.35. The largest absolute Gasteiger partial charge is 0.275 e. The van der Waals surface area contributed by atoms with Crippen molar-refractivity contribution >= 4 is 10.0 Å². The van der Waals surface area contributed by atoms with Crippen LogP contribution in [0.1, 0.15) is 49.9 Å². The number of aromatic nitrogens is 4. The molecule has 1 fully saturated rings. The first-order valence-corrected chi connectivity index (χ1v) is 9.92. The Kier molecular flexibility index (Phi) is 4.78. The van der Waals surface area contributed by atoms with Gasteiger partial charge in [-0.1, -0.05) is 12.8 Å². The van der Waals surface area contributed by atoms with E-state index in [-0.39, 0.29) is 6.04 Å². The molecule has 0 amide bonds. The van der Waals surface area contributed by atoms with Crippen molar-refractivity contribution in [3.8, 4) is 0 Å². The molecule has 8 heteroatoms. The molecule has 2 aromatic heterocycles. The van der Waals surface area contributed by atoms with Gasteiger partial charge in [-0.2, -0.15) is 14.5 Å². The molecule has 1 aliphatic rings. The molecule has 7 nitrogen and oxygen atoms in total. The van der Waals surface area contributed by atoms with Crippen molar-refractivity contribution in [3.05, 3.63) is 29.8 Å². The first-order chi connectivity index (χ1) is 11.4. The highest BCUT2D eigenvalue weighted by Crippen LogP contribution is 2.35. The zero-order valence-electron chi connectivity index (χ0n) is 14.5. The first-order valence-electron chi connectivity index (χ1n) is 8.48. The second kappa shape index (κ2) is 6.68. The molecule has 24 heavy (non-hydrogen) atoms. The fourth-order valence-corrected chi connectivity index (χ4v) is 5.29. The van der Waals surface area contributed by atoms with E-state index in [4.69, 9.17) is 0 Å². The fraction of sp³-hybridized carbons (Fsp3) is 0.625. The molecule has 0 unspecified atom stereocenters. The Hall–Kier alpha value is -1.67. The Morgan fingerprint density at radius 1 is 1.21 bits per heavy atom. The van der Waals surface area contributed by atoms with Crippen molar-refractivity contribution in [1.82, 2.24) is 23.9 Å². The highest BCUT2D eigenvalue weighted by atomic mass is 32.2. The zero-order chi connectivity index (χ0) is 17.3. The van der Waals surface area contributed by atoms with Crippen molar-refractivity contribution in [2.45, 2.75) is 57.0 Å². The van der Waals surface area contributed by atoms with Crippen LogP contribution in [-0.4, -0.2) is 38.8 Å². The van der Waals surface area contributed by atoms with E-state index in [2.05, 4.69) is 10.2 Å². The summed E-state index contributed by atoms with van der Waals surface area (Å²) in [6.07, 6.45) is 8.97. The lowest BCUT2D eigenvalue weighted by Gasteiger charge is -2.28. The van der Waals surface area contributed by atoms with E-state index in [1.807, 2.05) is 27.1 Å². The van der Waals surface area contributed by atoms with Crippen LogP contribution in [0.3, 0.4) is 0 Å². The minimum absolute atomic E-state index is 0.157. The SMILES string of the molecule is CCn1ncc(S(=O)(=O)N2CCCCC[C@H]2c2cnn(C)c2)c1C. The summed E-state index contributed by atoms with van der Waals surface area (Å²) in [5, 5.41) is 8.44. The van der Waals surface area contributed by atoms with Gasteiger partial charge < -0.3 is 0 Å². The van der Waals surface area contributed by atoms with Gasteiger partial charge in [-0.15, -0.1) is 0 Å². The van der Waals surface area contributed by atoms with Crippen LogP contribution in [0, 0.1) is 6.92 Å². The van der Waals surface area contributed by atoms with Gasteiger partial charge in [-0.25, -0.2) is 8.42 Å². The molecule has 3 heterocycles. The summed E-state index contributed by atoms with van der Waals surface area (Å²) in [7, 11) is -1.72. The van der Waals surface area contributed by atoms with Gasteiger partial charge in [0.1, 0.15) is 4.90 Å². The summed E-state index contributed by atoms with van der Waals surface area (Å²) < 4.78 is 31.8. The molecule has 1 atom stereocenters. The van der Waals surface area contributed by atoms with E-state index in [1.165, 1.54) is 6.20 Å². The number of rotatable bonds is 4. The van der Waals surface area contributed by atoms with Gasteiger partial charge in [0.05, 0.1) is 24.1 Å². The average Bonchev–Trinajstić information content (AvgIpc) is 3.04. The van der Waals surface area contributed by atoms with Crippen molar-refractivity contribution in [3.63, 3.8) is 0 Å². The molecule has 0 spiro atoms. The Morgan fingerprint density at radius 2 is 2.00 bits per heavy atom. The molecule has 3 rings (SSSR count). The normalized spacial score (nSPS) is 20.2. The van der Waals surface area contributed by atoms with Gasteiger partial charge in [0.25, 0.3) is 0 Å². The molecule has 1 aliphatic heterocycles. The van der Waals surface area contributed by atoms with Crippen LogP contribution in [0.15, 0.2) is 23.5 Å². The predicted molar refractivity (Wildman–Crippen MR) is 90.9 cm³/mol. The van der Waals surface area contributed by atoms with Crippen LogP contribution < -0.4 is 0 Å². The molecule has 132 valence electrons. The monoisotopic (exact) mass is 351 g/mol. The van der Waals surface area contributed by atoms with Gasteiger partial charge in [0, 0.05) is 31.9 Å². The summed E-state index contributed by atoms with van der Waals surface area (Å²) in [4.78, 5) is 0.320. The number of aryl methyl sites for hydroxylation is 2. The first kappa shape index (κ1) is 17.2. The minimum atomic E-state index is -3.58. The van der Waals surface area contributed by atoms with Crippen LogP contribution >= 0.6 is 0 Å². The maximum atomic E-state index is 13.3. The van der Waals surface area contributed by atoms with Gasteiger partial charge in [0.15, 0.2) is 0 Å². The van der Waals surface area contributed by atoms with E-state index in [1.54, 1.807) is 19.9 Å². The van der Waals surface area contributed by atoms with Gasteiger partial charge >= 0.3 is 0 Å². The molecule has 0 aromatic carbocycles. The molecule has 0 bridgehead atoms. The molecule has 0 aliphatic carbocycles. The zero-order valence-corrected chi connectivity index (χ0v) is 15.3. The third-order valence-corrected chi connectivity index (χ3v) is 6.77. The third-order valence-electron chi connectivity index (χ3n) is 4.76. The lowest BCUT2D eigenvalue weighted by atomic mass is 10.1. The lowest BCUT2D eigenvalue weighted by molar-refractivity contribution is 0.328. The van der Waals surface area contributed by atoms with Crippen molar-refractivity contribution in [1.29, 1.82) is 0 Å². The molecule has 2 aromatic rings. The Bertz CT molecular complexity index is 808. The molecule has 0 radical (unpaired) electrons. The summed E-state index contributed by atoms with van der Waals surface area (Å²) in [5.41, 5.74) is 1.66. The summed E-state index contributed by atoms with van der Waals surface area (Å²) in [6, 6.07) is -0.157. The number of sulfonamides is 1. The van der Waals surface area contributed by atoms with Crippen molar-refractivity contribution in [2.24, 2.45) is 7.05 Å². The summed E-state index contributed by atoms with van der Waals surface area (Å²) >= 11 is 0. The highest BCUT2D eigenvalue weighted by molar-refractivity contribution is 7.89. The lowest BCUT2D eigenvalue weighted by Crippen LogP contribution is -2.35. The maximum absolute atomic E-state index is 13.3. The Morgan fingerprint density at radius 3 is 2.62 bits per heavy atom. The minimum Gasteiger partial charge on any atom is -0.275 e. The van der Waals surface area contributed by atoms with E-state index in [9.17, 15) is 8.42 Å². The second-order valence-electron chi connectivity index (χ2n) is 6.34.